The zero-order valence-corrected chi connectivity index (χ0v) is 12.1. The molecule has 2 fully saturated rings. The van der Waals surface area contributed by atoms with Crippen molar-refractivity contribution in [1.29, 1.82) is 0 Å². The standard InChI is InChI=1S/C17H18FN3O/c18-13-4-1-3-11(7-13)16-14-9-19-8-12(14)10-21(16)17(22)15-5-2-6-20-15/h1-7,12,14,16,19-20H,8-10H2/t12-,14-,16+/m0/s1. The Bertz CT molecular complexity index is 685. The number of fused-ring (bicyclic) bond motifs is 1. The molecule has 114 valence electrons. The molecule has 0 bridgehead atoms. The molecule has 0 unspecified atom stereocenters. The quantitative estimate of drug-likeness (QED) is 0.893. The fraction of sp³-hybridized carbons (Fsp3) is 0.353. The van der Waals surface area contributed by atoms with E-state index in [2.05, 4.69) is 10.3 Å². The van der Waals surface area contributed by atoms with Crippen LogP contribution in [0.4, 0.5) is 4.39 Å². The minimum Gasteiger partial charge on any atom is -0.357 e. The number of likely N-dealkylation sites (tertiary alicyclic amines) is 1. The molecule has 4 nitrogen and oxygen atoms in total. The van der Waals surface area contributed by atoms with Gasteiger partial charge in [0.2, 0.25) is 0 Å². The lowest BCUT2D eigenvalue weighted by Crippen LogP contribution is -2.34. The zero-order chi connectivity index (χ0) is 15.1. The Kier molecular flexibility index (Phi) is 3.22. The Morgan fingerprint density at radius 1 is 1.23 bits per heavy atom. The summed E-state index contributed by atoms with van der Waals surface area (Å²) >= 11 is 0. The van der Waals surface area contributed by atoms with E-state index in [0.717, 1.165) is 25.2 Å². The molecule has 2 aliphatic heterocycles. The second-order valence-electron chi connectivity index (χ2n) is 6.12. The molecule has 2 N–H and O–H groups in total. The SMILES string of the molecule is O=C(c1ccc[nH]1)N1C[C@@H]2CNC[C@@H]2[C@H]1c1cccc(F)c1. The number of carbonyl (C=O) groups is 1. The van der Waals surface area contributed by atoms with Crippen molar-refractivity contribution in [1.82, 2.24) is 15.2 Å². The Balaban J connectivity index is 1.72. The van der Waals surface area contributed by atoms with Gasteiger partial charge in [0.25, 0.3) is 5.91 Å². The van der Waals surface area contributed by atoms with Crippen molar-refractivity contribution in [3.05, 3.63) is 59.7 Å². The highest BCUT2D eigenvalue weighted by atomic mass is 19.1. The minimum atomic E-state index is -0.251. The number of amides is 1. The van der Waals surface area contributed by atoms with Crippen LogP contribution in [0, 0.1) is 17.7 Å². The second kappa shape index (κ2) is 5.25. The van der Waals surface area contributed by atoms with Crippen LogP contribution < -0.4 is 5.32 Å². The van der Waals surface area contributed by atoms with E-state index in [1.54, 1.807) is 24.4 Å². The van der Waals surface area contributed by atoms with Gasteiger partial charge in [0, 0.05) is 31.7 Å². The maximum Gasteiger partial charge on any atom is 0.270 e. The van der Waals surface area contributed by atoms with Gasteiger partial charge in [-0.15, -0.1) is 0 Å². The first-order valence-corrected chi connectivity index (χ1v) is 7.64. The number of halogens is 1. The molecule has 0 spiro atoms. The van der Waals surface area contributed by atoms with Crippen LogP contribution in [0.1, 0.15) is 22.1 Å². The van der Waals surface area contributed by atoms with Crippen LogP contribution in [0.5, 0.6) is 0 Å². The Labute approximate surface area is 128 Å². The summed E-state index contributed by atoms with van der Waals surface area (Å²) in [6, 6.07) is 10.2. The van der Waals surface area contributed by atoms with Gasteiger partial charge in [-0.2, -0.15) is 0 Å². The van der Waals surface area contributed by atoms with Gasteiger partial charge < -0.3 is 15.2 Å². The lowest BCUT2D eigenvalue weighted by molar-refractivity contribution is 0.0708. The first-order chi connectivity index (χ1) is 10.7. The third kappa shape index (κ3) is 2.13. The Morgan fingerprint density at radius 2 is 2.14 bits per heavy atom. The topological polar surface area (TPSA) is 48.1 Å². The number of hydrogen-bond acceptors (Lipinski definition) is 2. The van der Waals surface area contributed by atoms with E-state index in [4.69, 9.17) is 0 Å². The maximum absolute atomic E-state index is 13.6. The highest BCUT2D eigenvalue weighted by Crippen LogP contribution is 2.43. The van der Waals surface area contributed by atoms with E-state index in [-0.39, 0.29) is 17.8 Å². The molecule has 22 heavy (non-hydrogen) atoms. The monoisotopic (exact) mass is 299 g/mol. The van der Waals surface area contributed by atoms with Crippen molar-refractivity contribution in [2.75, 3.05) is 19.6 Å². The molecule has 2 aromatic rings. The number of nitrogens with zero attached hydrogens (tertiary/aromatic N) is 1. The molecule has 3 atom stereocenters. The molecular weight excluding hydrogens is 281 g/mol. The average Bonchev–Trinajstić information content (AvgIpc) is 3.22. The molecule has 0 aliphatic carbocycles. The minimum absolute atomic E-state index is 0.00587. The Morgan fingerprint density at radius 3 is 2.91 bits per heavy atom. The number of aromatic nitrogens is 1. The average molecular weight is 299 g/mol. The molecule has 0 radical (unpaired) electrons. The van der Waals surface area contributed by atoms with Crippen LogP contribution in [-0.2, 0) is 0 Å². The van der Waals surface area contributed by atoms with Crippen molar-refractivity contribution in [3.8, 4) is 0 Å². The van der Waals surface area contributed by atoms with Crippen LogP contribution in [-0.4, -0.2) is 35.4 Å². The molecule has 2 saturated heterocycles. The Hall–Kier alpha value is -2.14. The fourth-order valence-corrected chi connectivity index (χ4v) is 3.87. The predicted octanol–water partition coefficient (Wildman–Crippen LogP) is 2.19. The summed E-state index contributed by atoms with van der Waals surface area (Å²) < 4.78 is 13.6. The summed E-state index contributed by atoms with van der Waals surface area (Å²) in [7, 11) is 0. The van der Waals surface area contributed by atoms with E-state index in [1.165, 1.54) is 6.07 Å². The van der Waals surface area contributed by atoms with Crippen molar-refractivity contribution in [2.45, 2.75) is 6.04 Å². The fourth-order valence-electron chi connectivity index (χ4n) is 3.87. The first-order valence-electron chi connectivity index (χ1n) is 7.64. The summed E-state index contributed by atoms with van der Waals surface area (Å²) in [6.45, 7) is 2.52. The number of benzene rings is 1. The van der Waals surface area contributed by atoms with Gasteiger partial charge >= 0.3 is 0 Å². The van der Waals surface area contributed by atoms with E-state index >= 15 is 0 Å². The normalized spacial score (nSPS) is 27.1. The summed E-state index contributed by atoms with van der Waals surface area (Å²) in [5.74, 6) is 0.528. The highest BCUT2D eigenvalue weighted by molar-refractivity contribution is 5.93. The molecule has 3 heterocycles. The van der Waals surface area contributed by atoms with Gasteiger partial charge in [0.15, 0.2) is 0 Å². The van der Waals surface area contributed by atoms with E-state index < -0.39 is 0 Å². The summed E-state index contributed by atoms with van der Waals surface area (Å²) in [5, 5.41) is 3.39. The summed E-state index contributed by atoms with van der Waals surface area (Å²) in [5.41, 5.74) is 1.48. The summed E-state index contributed by atoms with van der Waals surface area (Å²) in [4.78, 5) is 17.7. The van der Waals surface area contributed by atoms with Crippen molar-refractivity contribution in [2.24, 2.45) is 11.8 Å². The lowest BCUT2D eigenvalue weighted by atomic mass is 9.89. The number of carbonyl (C=O) groups excluding carboxylic acids is 1. The second-order valence-corrected chi connectivity index (χ2v) is 6.12. The van der Waals surface area contributed by atoms with E-state index in [0.29, 0.717) is 17.5 Å². The number of aromatic amines is 1. The van der Waals surface area contributed by atoms with Gasteiger partial charge in [0.1, 0.15) is 11.5 Å². The van der Waals surface area contributed by atoms with Crippen LogP contribution in [0.3, 0.4) is 0 Å². The van der Waals surface area contributed by atoms with Gasteiger partial charge in [0.05, 0.1) is 6.04 Å². The third-order valence-electron chi connectivity index (χ3n) is 4.84. The lowest BCUT2D eigenvalue weighted by Gasteiger charge is -2.28. The van der Waals surface area contributed by atoms with Crippen LogP contribution in [0.2, 0.25) is 0 Å². The van der Waals surface area contributed by atoms with Crippen molar-refractivity contribution >= 4 is 5.91 Å². The van der Waals surface area contributed by atoms with E-state index in [1.807, 2.05) is 17.0 Å². The third-order valence-corrected chi connectivity index (χ3v) is 4.84. The van der Waals surface area contributed by atoms with Gasteiger partial charge in [-0.1, -0.05) is 12.1 Å². The number of rotatable bonds is 2. The zero-order valence-electron chi connectivity index (χ0n) is 12.1. The van der Waals surface area contributed by atoms with Crippen LogP contribution >= 0.6 is 0 Å². The smallest absolute Gasteiger partial charge is 0.270 e. The highest BCUT2D eigenvalue weighted by Gasteiger charge is 2.47. The van der Waals surface area contributed by atoms with Crippen molar-refractivity contribution in [3.63, 3.8) is 0 Å². The largest absolute Gasteiger partial charge is 0.357 e. The number of H-pyrrole nitrogens is 1. The molecule has 1 aromatic carbocycles. The molecule has 0 saturated carbocycles. The number of nitrogens with one attached hydrogen (secondary N) is 2. The van der Waals surface area contributed by atoms with Crippen LogP contribution in [0.15, 0.2) is 42.6 Å². The maximum atomic E-state index is 13.6. The van der Waals surface area contributed by atoms with Gasteiger partial charge in [-0.3, -0.25) is 4.79 Å². The summed E-state index contributed by atoms with van der Waals surface area (Å²) in [6.07, 6.45) is 1.75. The number of hydrogen-bond donors (Lipinski definition) is 2. The molecule has 4 rings (SSSR count). The molecular formula is C17H18FN3O. The van der Waals surface area contributed by atoms with Crippen molar-refractivity contribution < 1.29 is 9.18 Å². The molecule has 2 aliphatic rings. The van der Waals surface area contributed by atoms with E-state index in [9.17, 15) is 9.18 Å². The van der Waals surface area contributed by atoms with Gasteiger partial charge in [-0.25, -0.2) is 4.39 Å². The molecule has 1 aromatic heterocycles. The molecule has 5 heteroatoms. The van der Waals surface area contributed by atoms with Crippen LogP contribution in [0.25, 0.3) is 0 Å². The first kappa shape index (κ1) is 13.5. The van der Waals surface area contributed by atoms with Gasteiger partial charge in [-0.05, 0) is 35.7 Å². The molecule has 1 amide bonds. The predicted molar refractivity (Wildman–Crippen MR) is 80.8 cm³/mol.